The van der Waals surface area contributed by atoms with Crippen LogP contribution in [0.4, 0.5) is 0 Å². The second kappa shape index (κ2) is 5.49. The van der Waals surface area contributed by atoms with Crippen molar-refractivity contribution >= 4 is 11.9 Å². The summed E-state index contributed by atoms with van der Waals surface area (Å²) in [5.74, 6) is -2.61. The van der Waals surface area contributed by atoms with Crippen LogP contribution in [0.25, 0.3) is 0 Å². The van der Waals surface area contributed by atoms with Crippen LogP contribution >= 0.6 is 0 Å². The molecule has 3 aliphatic rings. The van der Waals surface area contributed by atoms with E-state index in [0.29, 0.717) is 0 Å². The molecule has 2 aliphatic heterocycles. The molecule has 2 heterocycles. The van der Waals surface area contributed by atoms with E-state index in [9.17, 15) is 14.7 Å². The number of carbonyl (C=O) groups excluding carboxylic acids is 1. The summed E-state index contributed by atoms with van der Waals surface area (Å²) in [6.45, 7) is 0. The van der Waals surface area contributed by atoms with Crippen LogP contribution in [0.2, 0.25) is 0 Å². The Kier molecular flexibility index (Phi) is 3.45. The molecular formula is C18H19NO4. The van der Waals surface area contributed by atoms with Gasteiger partial charge in [0.1, 0.15) is 5.92 Å². The van der Waals surface area contributed by atoms with E-state index >= 15 is 0 Å². The fraction of sp³-hybridized carbons (Fsp3) is 0.444. The summed E-state index contributed by atoms with van der Waals surface area (Å²) >= 11 is 0. The number of ether oxygens (including phenoxy) is 1. The lowest BCUT2D eigenvalue weighted by Gasteiger charge is -2.29. The predicted molar refractivity (Wildman–Crippen MR) is 82.7 cm³/mol. The van der Waals surface area contributed by atoms with Crippen molar-refractivity contribution in [2.45, 2.75) is 37.5 Å². The van der Waals surface area contributed by atoms with Crippen molar-refractivity contribution in [3.8, 4) is 0 Å². The zero-order chi connectivity index (χ0) is 16.0. The minimum absolute atomic E-state index is 0.0370. The third-order valence-electron chi connectivity index (χ3n) is 5.17. The molecule has 0 spiro atoms. The molecule has 4 rings (SSSR count). The van der Waals surface area contributed by atoms with Crippen molar-refractivity contribution < 1.29 is 19.4 Å². The number of aliphatic carboxylic acids is 1. The molecule has 23 heavy (non-hydrogen) atoms. The summed E-state index contributed by atoms with van der Waals surface area (Å²) in [7, 11) is 0. The van der Waals surface area contributed by atoms with Crippen LogP contribution in [-0.2, 0) is 20.7 Å². The molecule has 0 saturated carbocycles. The molecule has 1 saturated heterocycles. The monoisotopic (exact) mass is 313 g/mol. The van der Waals surface area contributed by atoms with E-state index in [1.165, 1.54) is 5.56 Å². The number of carboxylic acids is 1. The van der Waals surface area contributed by atoms with Gasteiger partial charge in [0.15, 0.2) is 0 Å². The largest absolute Gasteiger partial charge is 0.481 e. The Morgan fingerprint density at radius 2 is 1.87 bits per heavy atom. The Bertz CT molecular complexity index is 683. The number of carbonyl (C=O) groups is 2. The summed E-state index contributed by atoms with van der Waals surface area (Å²) in [6, 6.07) is 8.10. The Hall–Kier alpha value is -2.14. The number of hydrogen-bond donors (Lipinski definition) is 2. The van der Waals surface area contributed by atoms with Gasteiger partial charge in [0.2, 0.25) is 5.91 Å². The molecule has 120 valence electrons. The number of rotatable bonds is 3. The first kappa shape index (κ1) is 14.5. The van der Waals surface area contributed by atoms with Crippen molar-refractivity contribution in [2.24, 2.45) is 11.8 Å². The normalized spacial score (nSPS) is 34.2. The highest BCUT2D eigenvalue weighted by molar-refractivity contribution is 5.87. The zero-order valence-electron chi connectivity index (χ0n) is 12.6. The second-order valence-corrected chi connectivity index (χ2v) is 6.49. The van der Waals surface area contributed by atoms with Crippen molar-refractivity contribution in [3.05, 3.63) is 47.5 Å². The maximum atomic E-state index is 12.7. The minimum Gasteiger partial charge on any atom is -0.481 e. The third-order valence-corrected chi connectivity index (χ3v) is 5.17. The highest BCUT2D eigenvalue weighted by Gasteiger charge is 2.53. The van der Waals surface area contributed by atoms with Gasteiger partial charge in [-0.3, -0.25) is 9.59 Å². The van der Waals surface area contributed by atoms with E-state index in [-0.39, 0.29) is 11.9 Å². The lowest BCUT2D eigenvalue weighted by molar-refractivity contribution is -0.146. The molecule has 1 fully saturated rings. The fourth-order valence-electron chi connectivity index (χ4n) is 4.09. The minimum atomic E-state index is -0.967. The van der Waals surface area contributed by atoms with Crippen LogP contribution in [0.3, 0.4) is 0 Å². The molecule has 1 aromatic carbocycles. The number of benzene rings is 1. The summed E-state index contributed by atoms with van der Waals surface area (Å²) < 4.78 is 5.59. The van der Waals surface area contributed by atoms with Gasteiger partial charge in [0.05, 0.1) is 24.2 Å². The van der Waals surface area contributed by atoms with Crippen molar-refractivity contribution in [3.63, 3.8) is 0 Å². The van der Waals surface area contributed by atoms with Gasteiger partial charge in [-0.1, -0.05) is 36.4 Å². The number of fused-ring (bicyclic) bond motifs is 3. The van der Waals surface area contributed by atoms with Crippen molar-refractivity contribution in [1.29, 1.82) is 0 Å². The van der Waals surface area contributed by atoms with Crippen molar-refractivity contribution in [1.82, 2.24) is 5.32 Å². The van der Waals surface area contributed by atoms with Crippen LogP contribution in [-0.4, -0.2) is 29.2 Å². The van der Waals surface area contributed by atoms with Gasteiger partial charge < -0.3 is 15.2 Å². The van der Waals surface area contributed by atoms with Gasteiger partial charge in [0, 0.05) is 0 Å². The van der Waals surface area contributed by atoms with E-state index in [4.69, 9.17) is 4.74 Å². The fourth-order valence-corrected chi connectivity index (χ4v) is 4.09. The Morgan fingerprint density at radius 1 is 1.13 bits per heavy atom. The summed E-state index contributed by atoms with van der Waals surface area (Å²) in [6.07, 6.45) is 5.61. The van der Waals surface area contributed by atoms with Crippen LogP contribution in [0.15, 0.2) is 36.4 Å². The molecule has 0 radical (unpaired) electrons. The van der Waals surface area contributed by atoms with Crippen LogP contribution in [0.1, 0.15) is 30.0 Å². The van der Waals surface area contributed by atoms with Gasteiger partial charge >= 0.3 is 5.97 Å². The maximum Gasteiger partial charge on any atom is 0.310 e. The molecule has 1 aromatic rings. The number of hydrogen-bond acceptors (Lipinski definition) is 3. The predicted octanol–water partition coefficient (Wildman–Crippen LogP) is 1.83. The van der Waals surface area contributed by atoms with E-state index < -0.39 is 30.0 Å². The van der Waals surface area contributed by atoms with E-state index in [0.717, 1.165) is 24.8 Å². The van der Waals surface area contributed by atoms with Gasteiger partial charge in [-0.05, 0) is 30.4 Å². The Labute approximate surface area is 134 Å². The van der Waals surface area contributed by atoms with E-state index in [1.54, 1.807) is 6.08 Å². The van der Waals surface area contributed by atoms with Crippen LogP contribution < -0.4 is 5.32 Å². The van der Waals surface area contributed by atoms with E-state index in [1.807, 2.05) is 24.3 Å². The molecule has 2 N–H and O–H groups in total. The highest BCUT2D eigenvalue weighted by Crippen LogP contribution is 2.40. The SMILES string of the molecule is O=C(O)[C@@H]1[C@@H](C(=O)N[C@@H]2CCCc3ccccc32)[C@@H]2C=C[C@@H]1O2. The van der Waals surface area contributed by atoms with Gasteiger partial charge in [-0.2, -0.15) is 0 Å². The molecular weight excluding hydrogens is 294 g/mol. The number of nitrogens with one attached hydrogen (secondary N) is 1. The molecule has 5 nitrogen and oxygen atoms in total. The number of carboxylic acid groups (broad SMARTS) is 1. The first-order chi connectivity index (χ1) is 11.1. The van der Waals surface area contributed by atoms with Gasteiger partial charge in [-0.25, -0.2) is 0 Å². The molecule has 1 aliphatic carbocycles. The van der Waals surface area contributed by atoms with Crippen molar-refractivity contribution in [2.75, 3.05) is 0 Å². The molecule has 0 unspecified atom stereocenters. The lowest BCUT2D eigenvalue weighted by Crippen LogP contribution is -2.44. The van der Waals surface area contributed by atoms with Gasteiger partial charge in [-0.15, -0.1) is 0 Å². The topological polar surface area (TPSA) is 75.6 Å². The van der Waals surface area contributed by atoms with E-state index in [2.05, 4.69) is 11.4 Å². The summed E-state index contributed by atoms with van der Waals surface area (Å²) in [5.41, 5.74) is 2.42. The first-order valence-corrected chi connectivity index (χ1v) is 8.10. The number of amides is 1. The quantitative estimate of drug-likeness (QED) is 0.835. The maximum absolute atomic E-state index is 12.7. The first-order valence-electron chi connectivity index (χ1n) is 8.10. The standard InChI is InChI=1S/C18H19NO4/c20-17(15-13-8-9-14(23-13)16(15)18(21)22)19-12-7-3-5-10-4-1-2-6-11(10)12/h1-2,4,6,8-9,12-16H,3,5,7H2,(H,19,20)(H,21,22)/t12-,13+,14+,15+,16+/m1/s1. The third kappa shape index (κ3) is 2.36. The number of aryl methyl sites for hydroxylation is 1. The molecule has 1 amide bonds. The molecule has 5 atom stereocenters. The summed E-state index contributed by atoms with van der Waals surface area (Å²) in [5, 5.41) is 12.5. The second-order valence-electron chi connectivity index (χ2n) is 6.49. The smallest absolute Gasteiger partial charge is 0.310 e. The lowest BCUT2D eigenvalue weighted by atomic mass is 9.81. The molecule has 2 bridgehead atoms. The highest BCUT2D eigenvalue weighted by atomic mass is 16.5. The summed E-state index contributed by atoms with van der Waals surface area (Å²) in [4.78, 5) is 24.2. The average molecular weight is 313 g/mol. The average Bonchev–Trinajstić information content (AvgIpc) is 3.16. The molecule has 0 aromatic heterocycles. The van der Waals surface area contributed by atoms with Gasteiger partial charge in [0.25, 0.3) is 0 Å². The zero-order valence-corrected chi connectivity index (χ0v) is 12.6. The molecule has 5 heteroatoms. The Balaban J connectivity index is 1.55. The Morgan fingerprint density at radius 3 is 2.65 bits per heavy atom. The van der Waals surface area contributed by atoms with Crippen LogP contribution in [0.5, 0.6) is 0 Å². The van der Waals surface area contributed by atoms with Crippen LogP contribution in [0, 0.1) is 11.8 Å².